The second kappa shape index (κ2) is 9.76. The largest absolute Gasteiger partial charge is 0.868 e. The molecule has 0 spiro atoms. The molecule has 0 radical (unpaired) electrons. The van der Waals surface area contributed by atoms with Crippen LogP contribution in [0, 0.1) is 0 Å². The third-order valence-corrected chi connectivity index (χ3v) is 8.15. The molecule has 1 aliphatic heterocycles. The lowest BCUT2D eigenvalue weighted by atomic mass is 10.1. The molecule has 180 valence electrons. The Bertz CT molecular complexity index is 1280. The van der Waals surface area contributed by atoms with E-state index in [0.717, 1.165) is 0 Å². The summed E-state index contributed by atoms with van der Waals surface area (Å²) < 4.78 is 21.1. The summed E-state index contributed by atoms with van der Waals surface area (Å²) in [6.45, 7) is 0.887. The first-order valence-electron chi connectivity index (χ1n) is 10.6. The summed E-state index contributed by atoms with van der Waals surface area (Å²) in [6, 6.07) is 8.23. The van der Waals surface area contributed by atoms with E-state index in [1.165, 1.54) is 28.4 Å². The maximum atomic E-state index is 13.3. The fourth-order valence-electron chi connectivity index (χ4n) is 4.05. The first-order chi connectivity index (χ1) is 16.4. The Morgan fingerprint density at radius 1 is 0.912 bits per heavy atom. The van der Waals surface area contributed by atoms with Crippen LogP contribution in [0.3, 0.4) is 0 Å². The van der Waals surface area contributed by atoms with Gasteiger partial charge in [0.1, 0.15) is 11.5 Å². The number of aromatic amines is 1. The van der Waals surface area contributed by atoms with Crippen LogP contribution >= 0.6 is 0 Å². The zero-order valence-electron chi connectivity index (χ0n) is 19.4. The van der Waals surface area contributed by atoms with E-state index >= 15 is 0 Å². The molecular weight excluding hydrogens is 460 g/mol. The van der Waals surface area contributed by atoms with Crippen LogP contribution in [0.2, 0.25) is 0 Å². The highest BCUT2D eigenvalue weighted by molar-refractivity contribution is 7.97. The first-order valence-corrected chi connectivity index (χ1v) is 12.2. The van der Waals surface area contributed by atoms with Crippen LogP contribution in [0.1, 0.15) is 10.4 Å². The van der Waals surface area contributed by atoms with Crippen LogP contribution in [0.15, 0.2) is 40.0 Å². The van der Waals surface area contributed by atoms with Crippen molar-refractivity contribution in [1.29, 1.82) is 0 Å². The van der Waals surface area contributed by atoms with Crippen molar-refractivity contribution in [3.05, 3.63) is 46.2 Å². The van der Waals surface area contributed by atoms with Crippen LogP contribution < -0.4 is 29.6 Å². The average molecular weight is 487 g/mol. The van der Waals surface area contributed by atoms with Crippen LogP contribution in [-0.4, -0.2) is 68.8 Å². The first kappa shape index (κ1) is 23.6. The number of ether oxygens (including phenoxy) is 4. The lowest BCUT2D eigenvalue weighted by molar-refractivity contribution is -0.270. The number of aromatic nitrogens is 1. The van der Waals surface area contributed by atoms with Gasteiger partial charge in [-0.05, 0) is 35.4 Å². The number of carbonyl (C=O) groups is 1. The summed E-state index contributed by atoms with van der Waals surface area (Å²) in [5, 5.41) is 13.6. The third kappa shape index (κ3) is 4.21. The van der Waals surface area contributed by atoms with Crippen LogP contribution in [0.25, 0.3) is 10.9 Å². The molecule has 0 unspecified atom stereocenters. The van der Waals surface area contributed by atoms with Crippen molar-refractivity contribution in [1.82, 2.24) is 9.88 Å². The summed E-state index contributed by atoms with van der Waals surface area (Å²) >= 11 is 0. The minimum absolute atomic E-state index is 0.129. The average Bonchev–Trinajstić information content (AvgIpc) is 2.87. The number of benzene rings is 2. The fourth-order valence-corrected chi connectivity index (χ4v) is 6.23. The summed E-state index contributed by atoms with van der Waals surface area (Å²) in [5.41, 5.74) is 0.503. The smallest absolute Gasteiger partial charge is 0.303 e. The number of rotatable bonds is 6. The topological polar surface area (TPSA) is 113 Å². The number of nitrogens with one attached hydrogen (secondary N) is 1. The van der Waals surface area contributed by atoms with Gasteiger partial charge < -0.3 is 33.9 Å². The predicted molar refractivity (Wildman–Crippen MR) is 128 cm³/mol. The molecule has 10 heteroatoms. The molecule has 0 atom stereocenters. The van der Waals surface area contributed by atoms with Gasteiger partial charge in [-0.15, -0.1) is 0 Å². The normalized spacial score (nSPS) is 14.2. The Balaban J connectivity index is 1.57. The van der Waals surface area contributed by atoms with Gasteiger partial charge in [0.05, 0.1) is 47.0 Å². The predicted octanol–water partition coefficient (Wildman–Crippen LogP) is 1.77. The molecule has 1 aliphatic rings. The molecule has 34 heavy (non-hydrogen) atoms. The molecule has 0 aliphatic carbocycles. The van der Waals surface area contributed by atoms with E-state index in [-0.39, 0.29) is 16.6 Å². The van der Waals surface area contributed by atoms with E-state index in [0.29, 0.717) is 64.1 Å². The van der Waals surface area contributed by atoms with Gasteiger partial charge >= 0.3 is 5.56 Å². The number of amides is 1. The molecule has 2 aromatic carbocycles. The zero-order valence-corrected chi connectivity index (χ0v) is 20.2. The maximum absolute atomic E-state index is 13.3. The van der Waals surface area contributed by atoms with Crippen LogP contribution in [0.5, 0.6) is 28.7 Å². The summed E-state index contributed by atoms with van der Waals surface area (Å²) in [7, 11) is 5.47. The number of H-pyrrole nitrogens is 1. The van der Waals surface area contributed by atoms with Crippen molar-refractivity contribution in [2.45, 2.75) is 4.90 Å². The second-order valence-corrected chi connectivity index (χ2v) is 9.84. The monoisotopic (exact) mass is 486 g/mol. The molecule has 1 amide bonds. The minimum Gasteiger partial charge on any atom is -0.868 e. The number of fused-ring (bicyclic) bond motifs is 1. The number of pyridine rings is 1. The number of nitrogens with zero attached hydrogens (tertiary/aromatic N) is 1. The van der Waals surface area contributed by atoms with E-state index < -0.39 is 16.5 Å². The Morgan fingerprint density at radius 3 is 2.12 bits per heavy atom. The van der Waals surface area contributed by atoms with Gasteiger partial charge in [-0.1, -0.05) is 0 Å². The van der Waals surface area contributed by atoms with E-state index in [9.17, 15) is 14.7 Å². The summed E-state index contributed by atoms with van der Waals surface area (Å²) in [6.07, 6.45) is 0. The number of hydrogen-bond acceptors (Lipinski definition) is 7. The molecule has 1 N–H and O–H groups in total. The van der Waals surface area contributed by atoms with Crippen molar-refractivity contribution in [3.63, 3.8) is 0 Å². The quantitative estimate of drug-likeness (QED) is 0.529. The Hall–Kier alpha value is -3.53. The molecule has 0 saturated carbocycles. The van der Waals surface area contributed by atoms with E-state index in [1.54, 1.807) is 35.2 Å². The molecule has 9 nitrogen and oxygen atoms in total. The molecule has 1 aromatic heterocycles. The van der Waals surface area contributed by atoms with Crippen molar-refractivity contribution < 1.29 is 28.8 Å². The van der Waals surface area contributed by atoms with Crippen LogP contribution in [-0.2, 0) is 10.9 Å². The molecule has 0 bridgehead atoms. The molecule has 1 fully saturated rings. The van der Waals surface area contributed by atoms with Gasteiger partial charge in [0, 0.05) is 22.5 Å². The van der Waals surface area contributed by atoms with Gasteiger partial charge in [-0.3, -0.25) is 9.59 Å². The Kier molecular flexibility index (Phi) is 6.78. The highest BCUT2D eigenvalue weighted by Gasteiger charge is 2.34. The van der Waals surface area contributed by atoms with Crippen LogP contribution in [0.4, 0.5) is 0 Å². The summed E-state index contributed by atoms with van der Waals surface area (Å²) in [5.74, 6) is 2.53. The molecular formula is C24H26N2O7S. The van der Waals surface area contributed by atoms with Gasteiger partial charge in [0.15, 0.2) is 23.0 Å². The fraction of sp³-hybridized carbons (Fsp3) is 0.333. The maximum Gasteiger partial charge on any atom is 0.303 e. The van der Waals surface area contributed by atoms with Crippen molar-refractivity contribution in [3.8, 4) is 28.7 Å². The number of methoxy groups -OCH3 is 4. The number of hydrogen-bond donors (Lipinski definition) is 1. The molecule has 1 saturated heterocycles. The summed E-state index contributed by atoms with van der Waals surface area (Å²) in [4.78, 5) is 30.7. The van der Waals surface area contributed by atoms with Gasteiger partial charge in [-0.25, -0.2) is 0 Å². The second-order valence-electron chi connectivity index (χ2n) is 7.63. The third-order valence-electron chi connectivity index (χ3n) is 5.85. The molecule has 2 heterocycles. The molecule has 3 aromatic rings. The van der Waals surface area contributed by atoms with Gasteiger partial charge in [-0.2, -0.15) is 0 Å². The van der Waals surface area contributed by atoms with E-state index in [4.69, 9.17) is 18.9 Å². The van der Waals surface area contributed by atoms with Gasteiger partial charge in [0.25, 0.3) is 5.91 Å². The molecule has 4 rings (SSSR count). The van der Waals surface area contributed by atoms with Crippen molar-refractivity contribution in [2.75, 3.05) is 53.0 Å². The SMILES string of the molecule is COc1ccc(C(=O)N2CC[S+](c3c([O-])c4cc(OC)c(OC)cc4[nH]c3=O)CC2)cc1OC. The highest BCUT2D eigenvalue weighted by atomic mass is 32.2. The van der Waals surface area contributed by atoms with Gasteiger partial charge in [0.2, 0.25) is 4.90 Å². The Morgan fingerprint density at radius 2 is 1.50 bits per heavy atom. The number of carbonyl (C=O) groups excluding carboxylic acids is 1. The lowest BCUT2D eigenvalue weighted by Gasteiger charge is -2.28. The standard InChI is InChI=1S/C24H26N2O7S/c1-30-17-6-5-14(11-18(17)31-2)24(29)26-7-9-34(10-8-26)22-21(27)15-12-19(32-3)20(33-4)13-16(15)25-23(22)28/h5-6,11-13H,7-10H2,1-4H3,(H-,25,27,28). The van der Waals surface area contributed by atoms with Crippen molar-refractivity contribution in [2.24, 2.45) is 0 Å². The zero-order chi connectivity index (χ0) is 24.4. The van der Waals surface area contributed by atoms with Crippen molar-refractivity contribution >= 4 is 27.7 Å². The Labute approximate surface area is 199 Å². The van der Waals surface area contributed by atoms with E-state index in [2.05, 4.69) is 4.98 Å². The minimum atomic E-state index is -0.575. The lowest BCUT2D eigenvalue weighted by Crippen LogP contribution is -2.45. The van der Waals surface area contributed by atoms with E-state index in [1.807, 2.05) is 0 Å². The highest BCUT2D eigenvalue weighted by Crippen LogP contribution is 2.36.